The van der Waals surface area contributed by atoms with Gasteiger partial charge in [0.15, 0.2) is 0 Å². The monoisotopic (exact) mass is 369 g/mol. The van der Waals surface area contributed by atoms with Gasteiger partial charge in [-0.25, -0.2) is 0 Å². The molecule has 144 valence electrons. The summed E-state index contributed by atoms with van der Waals surface area (Å²) in [6.07, 6.45) is 1.01. The van der Waals surface area contributed by atoms with Crippen LogP contribution in [0.25, 0.3) is 0 Å². The summed E-state index contributed by atoms with van der Waals surface area (Å²) in [5.74, 6) is 0.519. The summed E-state index contributed by atoms with van der Waals surface area (Å²) >= 11 is 0. The van der Waals surface area contributed by atoms with Crippen molar-refractivity contribution in [2.75, 3.05) is 23.7 Å². The Hall–Kier alpha value is -3.02. The van der Waals surface area contributed by atoms with Gasteiger partial charge in [-0.2, -0.15) is 0 Å². The van der Waals surface area contributed by atoms with Crippen molar-refractivity contribution in [3.05, 3.63) is 54.1 Å². The van der Waals surface area contributed by atoms with E-state index in [9.17, 15) is 9.59 Å². The molecule has 0 aliphatic heterocycles. The molecule has 0 bridgehead atoms. The minimum atomic E-state index is -0.166. The molecule has 2 amide bonds. The van der Waals surface area contributed by atoms with Crippen LogP contribution in [0.2, 0.25) is 0 Å². The zero-order chi connectivity index (χ0) is 19.6. The summed E-state index contributed by atoms with van der Waals surface area (Å²) in [4.78, 5) is 23.9. The van der Waals surface area contributed by atoms with Crippen molar-refractivity contribution in [2.24, 2.45) is 0 Å². The number of anilines is 2. The Morgan fingerprint density at radius 3 is 2.19 bits per heavy atom. The van der Waals surface area contributed by atoms with Crippen molar-refractivity contribution >= 4 is 23.2 Å². The Labute approximate surface area is 160 Å². The fourth-order valence-electron chi connectivity index (χ4n) is 2.36. The Balaban J connectivity index is 1.80. The van der Waals surface area contributed by atoms with E-state index in [0.717, 1.165) is 17.9 Å². The molecule has 0 heterocycles. The van der Waals surface area contributed by atoms with Crippen LogP contribution in [0, 0.1) is 0 Å². The lowest BCUT2D eigenvalue weighted by molar-refractivity contribution is -0.114. The normalized spacial score (nSPS) is 10.4. The summed E-state index contributed by atoms with van der Waals surface area (Å²) in [5, 5.41) is 8.68. The maximum Gasteiger partial charge on any atom is 0.251 e. The molecule has 0 aliphatic rings. The van der Waals surface area contributed by atoms with Crippen LogP contribution >= 0.6 is 0 Å². The van der Waals surface area contributed by atoms with E-state index in [4.69, 9.17) is 4.74 Å². The van der Waals surface area contributed by atoms with Crippen LogP contribution in [0.3, 0.4) is 0 Å². The molecule has 0 saturated carbocycles. The van der Waals surface area contributed by atoms with E-state index >= 15 is 0 Å². The van der Waals surface area contributed by atoms with Crippen molar-refractivity contribution in [3.8, 4) is 5.75 Å². The van der Waals surface area contributed by atoms with Gasteiger partial charge in [0.05, 0.1) is 12.6 Å². The largest absolute Gasteiger partial charge is 0.491 e. The van der Waals surface area contributed by atoms with Crippen LogP contribution in [-0.2, 0) is 4.79 Å². The van der Waals surface area contributed by atoms with Gasteiger partial charge in [-0.3, -0.25) is 9.59 Å². The Morgan fingerprint density at radius 1 is 0.963 bits per heavy atom. The molecule has 0 atom stereocenters. The number of amides is 2. The summed E-state index contributed by atoms with van der Waals surface area (Å²) in [6.45, 7) is 6.73. The number of rotatable bonds is 9. The maximum atomic E-state index is 12.1. The first-order valence-corrected chi connectivity index (χ1v) is 9.16. The van der Waals surface area contributed by atoms with E-state index in [1.165, 1.54) is 0 Å². The van der Waals surface area contributed by atoms with Crippen LogP contribution in [0.4, 0.5) is 11.4 Å². The molecule has 0 radical (unpaired) electrons. The van der Waals surface area contributed by atoms with E-state index in [1.807, 2.05) is 45.0 Å². The minimum Gasteiger partial charge on any atom is -0.491 e. The third kappa shape index (κ3) is 7.01. The second-order valence-corrected chi connectivity index (χ2v) is 6.43. The molecule has 3 N–H and O–H groups in total. The van der Waals surface area contributed by atoms with Gasteiger partial charge >= 0.3 is 0 Å². The summed E-state index contributed by atoms with van der Waals surface area (Å²) < 4.78 is 5.59. The van der Waals surface area contributed by atoms with Crippen molar-refractivity contribution < 1.29 is 14.3 Å². The zero-order valence-corrected chi connectivity index (χ0v) is 16.0. The van der Waals surface area contributed by atoms with Crippen molar-refractivity contribution in [1.82, 2.24) is 5.32 Å². The fourth-order valence-corrected chi connectivity index (χ4v) is 2.36. The number of ether oxygens (including phenoxy) is 1. The van der Waals surface area contributed by atoms with Gasteiger partial charge in [0.1, 0.15) is 5.75 Å². The number of hydrogen-bond acceptors (Lipinski definition) is 4. The van der Waals surface area contributed by atoms with Gasteiger partial charge in [-0.15, -0.1) is 0 Å². The van der Waals surface area contributed by atoms with Gasteiger partial charge < -0.3 is 20.7 Å². The standard InChI is InChI=1S/C21H27N3O3/c1-4-13-22-21(26)16-5-7-18(8-6-16)24-20(25)14-23-17-9-11-19(12-10-17)27-15(2)3/h5-12,15,23H,4,13-14H2,1-3H3,(H,22,26)(H,24,25). The number of carbonyl (C=O) groups excluding carboxylic acids is 2. The smallest absolute Gasteiger partial charge is 0.251 e. The minimum absolute atomic E-state index is 0.110. The average Bonchev–Trinajstić information content (AvgIpc) is 2.65. The van der Waals surface area contributed by atoms with E-state index in [1.54, 1.807) is 24.3 Å². The third-order valence-electron chi connectivity index (χ3n) is 3.65. The van der Waals surface area contributed by atoms with Crippen molar-refractivity contribution in [3.63, 3.8) is 0 Å². The lowest BCUT2D eigenvalue weighted by atomic mass is 10.2. The number of benzene rings is 2. The highest BCUT2D eigenvalue weighted by atomic mass is 16.5. The van der Waals surface area contributed by atoms with Gasteiger partial charge in [0, 0.05) is 23.5 Å². The molecule has 0 fully saturated rings. The second kappa shape index (κ2) is 10.2. The molecule has 0 aromatic heterocycles. The Bertz CT molecular complexity index is 740. The average molecular weight is 369 g/mol. The van der Waals surface area contributed by atoms with E-state index < -0.39 is 0 Å². The quantitative estimate of drug-likeness (QED) is 0.630. The van der Waals surface area contributed by atoms with E-state index in [0.29, 0.717) is 17.8 Å². The maximum absolute atomic E-state index is 12.1. The summed E-state index contributed by atoms with van der Waals surface area (Å²) in [6, 6.07) is 14.3. The van der Waals surface area contributed by atoms with Gasteiger partial charge in [0.25, 0.3) is 5.91 Å². The van der Waals surface area contributed by atoms with Crippen LogP contribution in [0.1, 0.15) is 37.6 Å². The van der Waals surface area contributed by atoms with Crippen LogP contribution in [-0.4, -0.2) is 31.0 Å². The van der Waals surface area contributed by atoms with Crippen LogP contribution in [0.5, 0.6) is 5.75 Å². The summed E-state index contributed by atoms with van der Waals surface area (Å²) in [5.41, 5.74) is 2.06. The number of nitrogens with one attached hydrogen (secondary N) is 3. The predicted molar refractivity (Wildman–Crippen MR) is 108 cm³/mol. The van der Waals surface area contributed by atoms with Crippen molar-refractivity contribution in [1.29, 1.82) is 0 Å². The number of carbonyl (C=O) groups is 2. The molecule has 0 unspecified atom stereocenters. The molecule has 6 nitrogen and oxygen atoms in total. The first kappa shape index (κ1) is 20.3. The third-order valence-corrected chi connectivity index (χ3v) is 3.65. The molecule has 2 aromatic carbocycles. The van der Waals surface area contributed by atoms with Crippen LogP contribution in [0.15, 0.2) is 48.5 Å². The lowest BCUT2D eigenvalue weighted by Crippen LogP contribution is -2.24. The molecule has 27 heavy (non-hydrogen) atoms. The highest BCUT2D eigenvalue weighted by molar-refractivity contribution is 5.96. The molecule has 2 aromatic rings. The molecule has 0 saturated heterocycles. The molecular weight excluding hydrogens is 342 g/mol. The zero-order valence-electron chi connectivity index (χ0n) is 16.0. The fraction of sp³-hybridized carbons (Fsp3) is 0.333. The van der Waals surface area contributed by atoms with Crippen LogP contribution < -0.4 is 20.7 Å². The Morgan fingerprint density at radius 2 is 1.59 bits per heavy atom. The van der Waals surface area contributed by atoms with Crippen molar-refractivity contribution in [2.45, 2.75) is 33.3 Å². The molecule has 6 heteroatoms. The topological polar surface area (TPSA) is 79.5 Å². The molecule has 2 rings (SSSR count). The SMILES string of the molecule is CCCNC(=O)c1ccc(NC(=O)CNc2ccc(OC(C)C)cc2)cc1. The van der Waals surface area contributed by atoms with E-state index in [2.05, 4.69) is 16.0 Å². The lowest BCUT2D eigenvalue weighted by Gasteiger charge is -2.11. The predicted octanol–water partition coefficient (Wildman–Crippen LogP) is 3.66. The first-order chi connectivity index (χ1) is 13.0. The highest BCUT2D eigenvalue weighted by Gasteiger charge is 2.06. The summed E-state index contributed by atoms with van der Waals surface area (Å²) in [7, 11) is 0. The van der Waals surface area contributed by atoms with Gasteiger partial charge in [-0.05, 0) is 68.8 Å². The molecular formula is C21H27N3O3. The first-order valence-electron chi connectivity index (χ1n) is 9.16. The molecule has 0 spiro atoms. The Kier molecular flexibility index (Phi) is 7.67. The second-order valence-electron chi connectivity index (χ2n) is 6.43. The van der Waals surface area contributed by atoms with Gasteiger partial charge in [-0.1, -0.05) is 6.92 Å². The van der Waals surface area contributed by atoms with E-state index in [-0.39, 0.29) is 24.5 Å². The highest BCUT2D eigenvalue weighted by Crippen LogP contribution is 2.17. The van der Waals surface area contributed by atoms with Gasteiger partial charge in [0.2, 0.25) is 5.91 Å². The molecule has 0 aliphatic carbocycles. The number of hydrogen-bond donors (Lipinski definition) is 3.